The van der Waals surface area contributed by atoms with Crippen LogP contribution in [0, 0.1) is 19.3 Å². The van der Waals surface area contributed by atoms with Gasteiger partial charge in [-0.2, -0.15) is 0 Å². The van der Waals surface area contributed by atoms with Gasteiger partial charge in [0.15, 0.2) is 0 Å². The van der Waals surface area contributed by atoms with Gasteiger partial charge in [-0.3, -0.25) is 0 Å². The summed E-state index contributed by atoms with van der Waals surface area (Å²) < 4.78 is 5.43. The van der Waals surface area contributed by atoms with Crippen LogP contribution in [-0.2, 0) is 0 Å². The van der Waals surface area contributed by atoms with E-state index in [9.17, 15) is 0 Å². The lowest BCUT2D eigenvalue weighted by atomic mass is 10.1. The molecule has 14 heavy (non-hydrogen) atoms. The summed E-state index contributed by atoms with van der Waals surface area (Å²) in [6, 6.07) is 2.28. The molecule has 0 aliphatic heterocycles. The van der Waals surface area contributed by atoms with E-state index in [1.807, 2.05) is 13.1 Å². The van der Waals surface area contributed by atoms with E-state index in [2.05, 4.69) is 18.2 Å². The van der Waals surface area contributed by atoms with Gasteiger partial charge in [0.25, 0.3) is 0 Å². The zero-order valence-corrected chi connectivity index (χ0v) is 8.84. The minimum atomic E-state index is 0.290. The first kappa shape index (κ1) is 10.9. The lowest BCUT2D eigenvalue weighted by Crippen LogP contribution is -2.16. The molecule has 1 unspecified atom stereocenters. The molecule has 0 bridgehead atoms. The van der Waals surface area contributed by atoms with Crippen molar-refractivity contribution in [3.05, 3.63) is 23.7 Å². The molecular formula is C12H17NO. The van der Waals surface area contributed by atoms with Gasteiger partial charge in [-0.15, -0.1) is 12.3 Å². The molecule has 0 saturated carbocycles. The summed E-state index contributed by atoms with van der Waals surface area (Å²) in [6.07, 6.45) is 9.83. The Kier molecular flexibility index (Phi) is 4.28. The van der Waals surface area contributed by atoms with Crippen molar-refractivity contribution in [2.75, 3.05) is 7.05 Å². The Morgan fingerprint density at radius 1 is 1.64 bits per heavy atom. The predicted octanol–water partition coefficient (Wildman–Crippen LogP) is 2.65. The molecule has 0 amide bonds. The van der Waals surface area contributed by atoms with Crippen molar-refractivity contribution >= 4 is 0 Å². The van der Waals surface area contributed by atoms with Crippen LogP contribution in [0.15, 0.2) is 16.7 Å². The molecule has 0 fully saturated rings. The number of terminal acetylenes is 1. The quantitative estimate of drug-likeness (QED) is 0.571. The summed E-state index contributed by atoms with van der Waals surface area (Å²) in [5, 5.41) is 3.24. The van der Waals surface area contributed by atoms with E-state index in [1.165, 1.54) is 5.56 Å². The Labute approximate surface area is 85.7 Å². The largest absolute Gasteiger partial charge is 0.467 e. The molecule has 0 aliphatic rings. The van der Waals surface area contributed by atoms with Crippen molar-refractivity contribution < 1.29 is 4.42 Å². The molecule has 2 heteroatoms. The third kappa shape index (κ3) is 2.65. The molecule has 0 spiro atoms. The maximum atomic E-state index is 5.43. The minimum Gasteiger partial charge on any atom is -0.467 e. The highest BCUT2D eigenvalue weighted by Gasteiger charge is 2.13. The van der Waals surface area contributed by atoms with Gasteiger partial charge < -0.3 is 9.73 Å². The fraction of sp³-hybridized carbons (Fsp3) is 0.500. The maximum Gasteiger partial charge on any atom is 0.123 e. The van der Waals surface area contributed by atoms with Gasteiger partial charge in [-0.25, -0.2) is 0 Å². The fourth-order valence-electron chi connectivity index (χ4n) is 1.56. The van der Waals surface area contributed by atoms with Crippen molar-refractivity contribution in [3.63, 3.8) is 0 Å². The van der Waals surface area contributed by atoms with Crippen molar-refractivity contribution in [3.8, 4) is 12.3 Å². The van der Waals surface area contributed by atoms with Crippen molar-refractivity contribution in [1.82, 2.24) is 5.32 Å². The highest BCUT2D eigenvalue weighted by Crippen LogP contribution is 2.22. The van der Waals surface area contributed by atoms with Crippen LogP contribution in [-0.4, -0.2) is 7.05 Å². The number of hydrogen-bond acceptors (Lipinski definition) is 2. The van der Waals surface area contributed by atoms with E-state index >= 15 is 0 Å². The SMILES string of the molecule is C#CCCCC(NC)c1occc1C. The molecule has 0 aromatic carbocycles. The van der Waals surface area contributed by atoms with Gasteiger partial charge in [-0.05, 0) is 38.4 Å². The third-order valence-electron chi connectivity index (χ3n) is 2.38. The summed E-state index contributed by atoms with van der Waals surface area (Å²) in [5.74, 6) is 3.68. The molecule has 1 aromatic rings. The summed E-state index contributed by atoms with van der Waals surface area (Å²) in [7, 11) is 1.95. The average Bonchev–Trinajstić information content (AvgIpc) is 2.60. The van der Waals surface area contributed by atoms with Gasteiger partial charge >= 0.3 is 0 Å². The second kappa shape index (κ2) is 5.51. The Hall–Kier alpha value is -1.20. The van der Waals surface area contributed by atoms with Crippen LogP contribution in [0.3, 0.4) is 0 Å². The van der Waals surface area contributed by atoms with Crippen molar-refractivity contribution in [2.45, 2.75) is 32.2 Å². The molecule has 1 aromatic heterocycles. The number of hydrogen-bond donors (Lipinski definition) is 1. The van der Waals surface area contributed by atoms with Crippen LogP contribution in [0.25, 0.3) is 0 Å². The van der Waals surface area contributed by atoms with Crippen LogP contribution in [0.1, 0.15) is 36.6 Å². The topological polar surface area (TPSA) is 25.2 Å². The average molecular weight is 191 g/mol. The maximum absolute atomic E-state index is 5.43. The monoisotopic (exact) mass is 191 g/mol. The molecule has 1 rings (SSSR count). The number of nitrogens with one attached hydrogen (secondary N) is 1. The molecule has 0 saturated heterocycles. The first-order valence-electron chi connectivity index (χ1n) is 4.94. The lowest BCUT2D eigenvalue weighted by molar-refractivity contribution is 0.406. The standard InChI is InChI=1S/C12H17NO/c1-4-5-6-7-11(13-3)12-10(2)8-9-14-12/h1,8-9,11,13H,5-7H2,2-3H3. The number of furan rings is 1. The molecule has 2 nitrogen and oxygen atoms in total. The van der Waals surface area contributed by atoms with Crippen LogP contribution in [0.2, 0.25) is 0 Å². The second-order valence-electron chi connectivity index (χ2n) is 3.41. The summed E-state index contributed by atoms with van der Waals surface area (Å²) in [4.78, 5) is 0. The number of unbranched alkanes of at least 4 members (excludes halogenated alkanes) is 1. The Morgan fingerprint density at radius 2 is 2.43 bits per heavy atom. The van der Waals surface area contributed by atoms with E-state index in [-0.39, 0.29) is 0 Å². The van der Waals surface area contributed by atoms with Gasteiger partial charge in [-0.1, -0.05) is 0 Å². The van der Waals surface area contributed by atoms with Crippen molar-refractivity contribution in [2.24, 2.45) is 0 Å². The molecule has 1 N–H and O–H groups in total. The summed E-state index contributed by atoms with van der Waals surface area (Å²) in [6.45, 7) is 2.06. The lowest BCUT2D eigenvalue weighted by Gasteiger charge is -2.13. The van der Waals surface area contributed by atoms with E-state index in [0.717, 1.165) is 25.0 Å². The Morgan fingerprint density at radius 3 is 2.93 bits per heavy atom. The zero-order valence-electron chi connectivity index (χ0n) is 8.84. The first-order valence-corrected chi connectivity index (χ1v) is 4.94. The van der Waals surface area contributed by atoms with Crippen LogP contribution < -0.4 is 5.32 Å². The van der Waals surface area contributed by atoms with E-state index in [4.69, 9.17) is 10.8 Å². The molecule has 1 atom stereocenters. The number of aryl methyl sites for hydroxylation is 1. The minimum absolute atomic E-state index is 0.290. The van der Waals surface area contributed by atoms with Gasteiger partial charge in [0, 0.05) is 6.42 Å². The van der Waals surface area contributed by atoms with Gasteiger partial charge in [0.05, 0.1) is 12.3 Å². The van der Waals surface area contributed by atoms with Crippen LogP contribution in [0.4, 0.5) is 0 Å². The smallest absolute Gasteiger partial charge is 0.123 e. The highest BCUT2D eigenvalue weighted by atomic mass is 16.3. The van der Waals surface area contributed by atoms with Crippen LogP contribution >= 0.6 is 0 Å². The third-order valence-corrected chi connectivity index (χ3v) is 2.38. The fourth-order valence-corrected chi connectivity index (χ4v) is 1.56. The molecule has 1 heterocycles. The molecular weight excluding hydrogens is 174 g/mol. The second-order valence-corrected chi connectivity index (χ2v) is 3.41. The zero-order chi connectivity index (χ0) is 10.4. The predicted molar refractivity (Wildman–Crippen MR) is 57.9 cm³/mol. The van der Waals surface area contributed by atoms with Crippen molar-refractivity contribution in [1.29, 1.82) is 0 Å². The van der Waals surface area contributed by atoms with Gasteiger partial charge in [0.2, 0.25) is 0 Å². The van der Waals surface area contributed by atoms with E-state index in [0.29, 0.717) is 6.04 Å². The molecule has 0 aliphatic carbocycles. The summed E-state index contributed by atoms with van der Waals surface area (Å²) in [5.41, 5.74) is 1.20. The molecule has 0 radical (unpaired) electrons. The van der Waals surface area contributed by atoms with E-state index in [1.54, 1.807) is 6.26 Å². The van der Waals surface area contributed by atoms with Gasteiger partial charge in [0.1, 0.15) is 5.76 Å². The highest BCUT2D eigenvalue weighted by molar-refractivity contribution is 5.18. The first-order chi connectivity index (χ1) is 6.79. The Balaban J connectivity index is 2.55. The Bertz CT molecular complexity index is 308. The summed E-state index contributed by atoms with van der Waals surface area (Å²) >= 11 is 0. The normalized spacial score (nSPS) is 12.4. The number of rotatable bonds is 5. The van der Waals surface area contributed by atoms with E-state index < -0.39 is 0 Å². The van der Waals surface area contributed by atoms with Crippen LogP contribution in [0.5, 0.6) is 0 Å². The molecule has 76 valence electrons.